The smallest absolute Gasteiger partial charge is 0.259 e. The van der Waals surface area contributed by atoms with E-state index >= 15 is 0 Å². The number of nitrogens with one attached hydrogen (secondary N) is 2. The quantitative estimate of drug-likeness (QED) is 0.563. The summed E-state index contributed by atoms with van der Waals surface area (Å²) in [6.07, 6.45) is 3.10. The van der Waals surface area contributed by atoms with Crippen LogP contribution in [-0.4, -0.2) is 60.7 Å². The molecule has 0 bridgehead atoms. The molecule has 1 aromatic carbocycles. The topological polar surface area (TPSA) is 90.6 Å². The first kappa shape index (κ1) is 23.0. The van der Waals surface area contributed by atoms with Crippen molar-refractivity contribution >= 4 is 38.8 Å². The highest BCUT2D eigenvalue weighted by atomic mass is 32.1. The van der Waals surface area contributed by atoms with E-state index in [0.717, 1.165) is 67.2 Å². The molecule has 3 heterocycles. The number of rotatable bonds is 6. The van der Waals surface area contributed by atoms with E-state index in [0.29, 0.717) is 18.3 Å². The van der Waals surface area contributed by atoms with Gasteiger partial charge >= 0.3 is 0 Å². The third kappa shape index (κ3) is 5.01. The second-order valence-electron chi connectivity index (χ2n) is 9.41. The maximum Gasteiger partial charge on any atom is 0.259 e. The van der Waals surface area contributed by atoms with E-state index in [1.807, 2.05) is 36.2 Å². The van der Waals surface area contributed by atoms with Crippen LogP contribution in [0.5, 0.6) is 0 Å². The molecule has 34 heavy (non-hydrogen) atoms. The molecular formula is C25H31N5O3S. The molecule has 0 radical (unpaired) electrons. The monoisotopic (exact) mass is 481 g/mol. The Hall–Kier alpha value is -2.75. The lowest BCUT2D eigenvalue weighted by atomic mass is 9.89. The molecule has 0 spiro atoms. The summed E-state index contributed by atoms with van der Waals surface area (Å²) < 4.78 is 5.40. The first-order valence-electron chi connectivity index (χ1n) is 11.9. The molecule has 1 amide bonds. The number of aryl methyl sites for hydroxylation is 1. The Morgan fingerprint density at radius 3 is 2.82 bits per heavy atom. The van der Waals surface area contributed by atoms with Crippen LogP contribution in [0, 0.1) is 5.92 Å². The number of nitrogens with zero attached hydrogens (tertiary/aromatic N) is 3. The fourth-order valence-electron chi connectivity index (χ4n) is 4.80. The SMILES string of the molecule is C[C@@H]1CCc2c(sc3nc(CN(C)CC(=O)Nc4ccc(N5CCOCC5)cc4)[nH]c(=O)c23)C1. The maximum atomic E-state index is 12.8. The molecular weight excluding hydrogens is 450 g/mol. The second kappa shape index (κ2) is 9.85. The molecule has 3 aromatic rings. The number of anilines is 2. The Balaban J connectivity index is 1.19. The van der Waals surface area contributed by atoms with E-state index in [4.69, 9.17) is 9.72 Å². The van der Waals surface area contributed by atoms with Gasteiger partial charge in [-0.25, -0.2) is 4.98 Å². The van der Waals surface area contributed by atoms with Crippen molar-refractivity contribution in [3.05, 3.63) is 50.9 Å². The van der Waals surface area contributed by atoms with Gasteiger partial charge in [-0.15, -0.1) is 11.3 Å². The molecule has 1 fully saturated rings. The highest BCUT2D eigenvalue weighted by Crippen LogP contribution is 2.35. The van der Waals surface area contributed by atoms with Crippen LogP contribution in [0.25, 0.3) is 10.2 Å². The molecule has 2 aliphatic rings. The molecule has 8 nitrogen and oxygen atoms in total. The predicted molar refractivity (Wildman–Crippen MR) is 136 cm³/mol. The summed E-state index contributed by atoms with van der Waals surface area (Å²) in [6, 6.07) is 7.90. The number of H-pyrrole nitrogens is 1. The Morgan fingerprint density at radius 1 is 1.29 bits per heavy atom. The number of carbonyl (C=O) groups excluding carboxylic acids is 1. The van der Waals surface area contributed by atoms with E-state index in [9.17, 15) is 9.59 Å². The van der Waals surface area contributed by atoms with Gasteiger partial charge < -0.3 is 19.9 Å². The first-order valence-corrected chi connectivity index (χ1v) is 12.7. The molecule has 2 aromatic heterocycles. The van der Waals surface area contributed by atoms with Crippen molar-refractivity contribution in [2.24, 2.45) is 5.92 Å². The molecule has 9 heteroatoms. The minimum atomic E-state index is -0.106. The number of hydrogen-bond acceptors (Lipinski definition) is 7. The average Bonchev–Trinajstić information content (AvgIpc) is 3.17. The van der Waals surface area contributed by atoms with Crippen LogP contribution in [0.2, 0.25) is 0 Å². The Kier molecular flexibility index (Phi) is 6.67. The van der Waals surface area contributed by atoms with E-state index in [2.05, 4.69) is 22.1 Å². The third-order valence-electron chi connectivity index (χ3n) is 6.57. The van der Waals surface area contributed by atoms with Crippen LogP contribution in [-0.2, 0) is 28.9 Å². The average molecular weight is 482 g/mol. The molecule has 1 aliphatic carbocycles. The molecule has 0 saturated carbocycles. The molecule has 1 aliphatic heterocycles. The molecule has 180 valence electrons. The van der Waals surface area contributed by atoms with Gasteiger partial charge in [0, 0.05) is 29.3 Å². The number of morpholine rings is 1. The summed E-state index contributed by atoms with van der Waals surface area (Å²) in [5, 5.41) is 3.71. The van der Waals surface area contributed by atoms with Crippen molar-refractivity contribution in [1.29, 1.82) is 0 Å². The zero-order valence-electron chi connectivity index (χ0n) is 19.7. The number of aromatic nitrogens is 2. The summed E-state index contributed by atoms with van der Waals surface area (Å²) in [7, 11) is 1.85. The van der Waals surface area contributed by atoms with Crippen LogP contribution in [0.1, 0.15) is 29.6 Å². The molecule has 1 saturated heterocycles. The highest BCUT2D eigenvalue weighted by Gasteiger charge is 2.23. The Morgan fingerprint density at radius 2 is 2.06 bits per heavy atom. The van der Waals surface area contributed by atoms with Gasteiger partial charge in [-0.1, -0.05) is 6.92 Å². The fraction of sp³-hybridized carbons (Fsp3) is 0.480. The van der Waals surface area contributed by atoms with Crippen molar-refractivity contribution in [2.45, 2.75) is 32.7 Å². The minimum absolute atomic E-state index is 0.0646. The van der Waals surface area contributed by atoms with E-state index in [1.54, 1.807) is 11.3 Å². The number of amides is 1. The van der Waals surface area contributed by atoms with Crippen molar-refractivity contribution in [2.75, 3.05) is 50.1 Å². The fourth-order valence-corrected chi connectivity index (χ4v) is 6.20. The first-order chi connectivity index (χ1) is 16.5. The van der Waals surface area contributed by atoms with Crippen LogP contribution < -0.4 is 15.8 Å². The van der Waals surface area contributed by atoms with Crippen molar-refractivity contribution in [1.82, 2.24) is 14.9 Å². The Bertz CT molecular complexity index is 1230. The lowest BCUT2D eigenvalue weighted by Gasteiger charge is -2.28. The highest BCUT2D eigenvalue weighted by molar-refractivity contribution is 7.18. The zero-order valence-corrected chi connectivity index (χ0v) is 20.5. The summed E-state index contributed by atoms with van der Waals surface area (Å²) in [5.41, 5.74) is 3.02. The van der Waals surface area contributed by atoms with Crippen molar-refractivity contribution in [3.63, 3.8) is 0 Å². The number of ether oxygens (including phenoxy) is 1. The van der Waals surface area contributed by atoms with Gasteiger partial charge in [0.05, 0.1) is 31.7 Å². The van der Waals surface area contributed by atoms with Gasteiger partial charge in [-0.05, 0) is 62.1 Å². The lowest BCUT2D eigenvalue weighted by molar-refractivity contribution is -0.117. The Labute approximate surface area is 202 Å². The summed E-state index contributed by atoms with van der Waals surface area (Å²) in [5.74, 6) is 1.14. The number of fused-ring (bicyclic) bond motifs is 3. The number of thiophene rings is 1. The molecule has 5 rings (SSSR count). The third-order valence-corrected chi connectivity index (χ3v) is 7.72. The molecule has 0 unspecified atom stereocenters. The summed E-state index contributed by atoms with van der Waals surface area (Å²) >= 11 is 1.65. The number of likely N-dealkylation sites (N-methyl/N-ethyl adjacent to an activating group) is 1. The zero-order chi connectivity index (χ0) is 23.7. The van der Waals surface area contributed by atoms with Gasteiger partial charge in [-0.3, -0.25) is 14.5 Å². The van der Waals surface area contributed by atoms with Crippen molar-refractivity contribution in [3.8, 4) is 0 Å². The number of aromatic amines is 1. The normalized spacial score (nSPS) is 18.3. The van der Waals surface area contributed by atoms with Gasteiger partial charge in [0.1, 0.15) is 10.7 Å². The van der Waals surface area contributed by atoms with E-state index in [-0.39, 0.29) is 18.0 Å². The largest absolute Gasteiger partial charge is 0.378 e. The second-order valence-corrected chi connectivity index (χ2v) is 10.5. The van der Waals surface area contributed by atoms with Gasteiger partial charge in [0.15, 0.2) is 0 Å². The van der Waals surface area contributed by atoms with E-state index in [1.165, 1.54) is 10.4 Å². The van der Waals surface area contributed by atoms with Crippen LogP contribution in [0.3, 0.4) is 0 Å². The van der Waals surface area contributed by atoms with Crippen molar-refractivity contribution < 1.29 is 9.53 Å². The van der Waals surface area contributed by atoms with Gasteiger partial charge in [0.2, 0.25) is 5.91 Å². The van der Waals surface area contributed by atoms with E-state index < -0.39 is 0 Å². The molecule has 2 N–H and O–H groups in total. The summed E-state index contributed by atoms with van der Waals surface area (Å²) in [4.78, 5) is 39.3. The number of hydrogen-bond donors (Lipinski definition) is 2. The van der Waals surface area contributed by atoms with Gasteiger partial charge in [0.25, 0.3) is 5.56 Å². The minimum Gasteiger partial charge on any atom is -0.378 e. The number of carbonyl (C=O) groups is 1. The standard InChI is InChI=1S/C25H31N5O3S/c1-16-3-8-19-20(13-16)34-25-23(19)24(32)27-21(28-25)14-29(2)15-22(31)26-17-4-6-18(7-5-17)30-9-11-33-12-10-30/h4-7,16H,3,8-15H2,1-2H3,(H,26,31)(H,27,28,32)/t16-/m1/s1. The summed E-state index contributed by atoms with van der Waals surface area (Å²) in [6.45, 7) is 6.10. The maximum absolute atomic E-state index is 12.8. The number of benzene rings is 1. The van der Waals surface area contributed by atoms with Gasteiger partial charge in [-0.2, -0.15) is 0 Å². The predicted octanol–water partition coefficient (Wildman–Crippen LogP) is 3.02. The van der Waals surface area contributed by atoms with Crippen LogP contribution in [0.4, 0.5) is 11.4 Å². The molecule has 1 atom stereocenters. The lowest BCUT2D eigenvalue weighted by Crippen LogP contribution is -2.36. The van der Waals surface area contributed by atoms with Crippen LogP contribution in [0.15, 0.2) is 29.1 Å². The van der Waals surface area contributed by atoms with Crippen LogP contribution >= 0.6 is 11.3 Å².